The molecule has 0 bridgehead atoms. The highest BCUT2D eigenvalue weighted by Crippen LogP contribution is 2.42. The number of hydrogen-bond donors (Lipinski definition) is 2. The molecule has 0 fully saturated rings. The molecule has 0 radical (unpaired) electrons. The number of nitrogens with two attached hydrogens (primary N) is 1. The summed E-state index contributed by atoms with van der Waals surface area (Å²) in [6.45, 7) is 0. The van der Waals surface area contributed by atoms with E-state index < -0.39 is 6.29 Å². The van der Waals surface area contributed by atoms with Crippen LogP contribution in [0.2, 0.25) is 0 Å². The van der Waals surface area contributed by atoms with Crippen LogP contribution in [0.15, 0.2) is 36.5 Å². The standard InChI is InChI=1S/C13H9F2N3O2S/c14-13(15)19-9-3-2-8(5-10(9)20-13)18-11-4-1-7(6-17-11)12(16)21/h1-6H,(H2,16,21)(H,17,18). The van der Waals surface area contributed by atoms with Gasteiger partial charge < -0.3 is 20.5 Å². The van der Waals surface area contributed by atoms with Gasteiger partial charge in [-0.15, -0.1) is 8.78 Å². The van der Waals surface area contributed by atoms with Crippen LogP contribution in [0.4, 0.5) is 20.3 Å². The van der Waals surface area contributed by atoms with Crippen molar-refractivity contribution < 1.29 is 18.3 Å². The molecule has 2 aromatic rings. The lowest BCUT2D eigenvalue weighted by Crippen LogP contribution is -2.25. The molecule has 0 amide bonds. The summed E-state index contributed by atoms with van der Waals surface area (Å²) in [5, 5.41) is 2.95. The van der Waals surface area contributed by atoms with E-state index in [9.17, 15) is 8.78 Å². The molecule has 21 heavy (non-hydrogen) atoms. The number of pyridine rings is 1. The number of nitrogens with zero attached hydrogens (tertiary/aromatic N) is 1. The quantitative estimate of drug-likeness (QED) is 0.850. The maximum absolute atomic E-state index is 12.9. The summed E-state index contributed by atoms with van der Waals surface area (Å²) in [7, 11) is 0. The van der Waals surface area contributed by atoms with Gasteiger partial charge in [-0.3, -0.25) is 0 Å². The summed E-state index contributed by atoms with van der Waals surface area (Å²) in [4.78, 5) is 4.37. The van der Waals surface area contributed by atoms with Crippen LogP contribution in [0.3, 0.4) is 0 Å². The highest BCUT2D eigenvalue weighted by Gasteiger charge is 2.43. The van der Waals surface area contributed by atoms with E-state index in [1.165, 1.54) is 18.3 Å². The molecule has 0 saturated heterocycles. The number of hydrogen-bond acceptors (Lipinski definition) is 5. The number of benzene rings is 1. The van der Waals surface area contributed by atoms with E-state index in [0.717, 1.165) is 0 Å². The predicted molar refractivity (Wildman–Crippen MR) is 76.1 cm³/mol. The number of halogens is 2. The van der Waals surface area contributed by atoms with Crippen LogP contribution in [0, 0.1) is 0 Å². The Bertz CT molecular complexity index is 707. The number of thiocarbonyl (C=S) groups is 1. The zero-order valence-electron chi connectivity index (χ0n) is 10.5. The van der Waals surface area contributed by atoms with E-state index in [-0.39, 0.29) is 16.5 Å². The fourth-order valence-electron chi connectivity index (χ4n) is 1.79. The molecule has 0 unspecified atom stereocenters. The molecule has 1 aromatic carbocycles. The molecule has 5 nitrogen and oxygen atoms in total. The third kappa shape index (κ3) is 2.84. The molecule has 0 spiro atoms. The van der Waals surface area contributed by atoms with Gasteiger partial charge in [-0.05, 0) is 24.3 Å². The summed E-state index contributed by atoms with van der Waals surface area (Å²) >= 11 is 4.83. The minimum atomic E-state index is -3.63. The number of aromatic nitrogens is 1. The van der Waals surface area contributed by atoms with E-state index in [1.807, 2.05) is 0 Å². The van der Waals surface area contributed by atoms with Crippen LogP contribution in [0.5, 0.6) is 11.5 Å². The Morgan fingerprint density at radius 1 is 1.19 bits per heavy atom. The molecular weight excluding hydrogens is 300 g/mol. The molecule has 3 rings (SSSR count). The maximum Gasteiger partial charge on any atom is 0.586 e. The Balaban J connectivity index is 1.79. The highest BCUT2D eigenvalue weighted by molar-refractivity contribution is 7.80. The molecule has 1 aliphatic heterocycles. The summed E-state index contributed by atoms with van der Waals surface area (Å²) in [5.41, 5.74) is 6.65. The number of nitrogens with one attached hydrogen (secondary N) is 1. The second kappa shape index (κ2) is 4.81. The molecule has 0 atom stereocenters. The van der Waals surface area contributed by atoms with Crippen molar-refractivity contribution >= 4 is 28.7 Å². The van der Waals surface area contributed by atoms with Crippen LogP contribution < -0.4 is 20.5 Å². The highest BCUT2D eigenvalue weighted by atomic mass is 32.1. The Morgan fingerprint density at radius 2 is 1.95 bits per heavy atom. The van der Waals surface area contributed by atoms with Crippen molar-refractivity contribution in [3.8, 4) is 11.5 Å². The Labute approximate surface area is 123 Å². The Morgan fingerprint density at radius 3 is 2.62 bits per heavy atom. The van der Waals surface area contributed by atoms with Gasteiger partial charge in [0.25, 0.3) is 0 Å². The predicted octanol–water partition coefficient (Wildman–Crippen LogP) is 2.78. The van der Waals surface area contributed by atoms with E-state index in [1.54, 1.807) is 18.2 Å². The normalized spacial score (nSPS) is 14.8. The number of anilines is 2. The van der Waals surface area contributed by atoms with Crippen molar-refractivity contribution in [2.45, 2.75) is 6.29 Å². The fraction of sp³-hybridized carbons (Fsp3) is 0.0769. The van der Waals surface area contributed by atoms with Crippen LogP contribution in [-0.2, 0) is 0 Å². The van der Waals surface area contributed by atoms with Crippen LogP contribution in [0.1, 0.15) is 5.56 Å². The van der Waals surface area contributed by atoms with Gasteiger partial charge in [0.15, 0.2) is 11.5 Å². The Kier molecular flexibility index (Phi) is 3.09. The summed E-state index contributed by atoms with van der Waals surface area (Å²) in [6, 6.07) is 7.75. The molecule has 1 aromatic heterocycles. The van der Waals surface area contributed by atoms with Gasteiger partial charge in [0.1, 0.15) is 10.8 Å². The number of ether oxygens (including phenoxy) is 2. The van der Waals surface area contributed by atoms with Gasteiger partial charge in [-0.25, -0.2) is 4.98 Å². The second-order valence-corrected chi connectivity index (χ2v) is 4.69. The monoisotopic (exact) mass is 309 g/mol. The smallest absolute Gasteiger partial charge is 0.395 e. The van der Waals surface area contributed by atoms with Gasteiger partial charge in [0.05, 0.1) is 0 Å². The van der Waals surface area contributed by atoms with Crippen molar-refractivity contribution in [1.29, 1.82) is 0 Å². The molecule has 0 saturated carbocycles. The van der Waals surface area contributed by atoms with Crippen LogP contribution in [0.25, 0.3) is 0 Å². The first-order valence-electron chi connectivity index (χ1n) is 5.86. The summed E-state index contributed by atoms with van der Waals surface area (Å²) < 4.78 is 34.5. The van der Waals surface area contributed by atoms with Crippen molar-refractivity contribution in [2.75, 3.05) is 5.32 Å². The minimum Gasteiger partial charge on any atom is -0.395 e. The Hall–Kier alpha value is -2.48. The van der Waals surface area contributed by atoms with Crippen molar-refractivity contribution in [3.05, 3.63) is 42.1 Å². The third-order valence-electron chi connectivity index (χ3n) is 2.72. The first kappa shape index (κ1) is 13.5. The van der Waals surface area contributed by atoms with Gasteiger partial charge in [0, 0.05) is 23.5 Å². The zero-order valence-corrected chi connectivity index (χ0v) is 11.3. The minimum absolute atomic E-state index is 0.0117. The lowest BCUT2D eigenvalue weighted by atomic mass is 10.2. The van der Waals surface area contributed by atoms with Crippen LogP contribution in [-0.4, -0.2) is 16.3 Å². The SMILES string of the molecule is NC(=S)c1ccc(Nc2ccc3c(c2)OC(F)(F)O3)nc1. The molecule has 0 aliphatic carbocycles. The topological polar surface area (TPSA) is 69.4 Å². The van der Waals surface area contributed by atoms with E-state index in [2.05, 4.69) is 19.8 Å². The van der Waals surface area contributed by atoms with Crippen LogP contribution >= 0.6 is 12.2 Å². The lowest BCUT2D eigenvalue weighted by Gasteiger charge is -2.07. The first-order chi connectivity index (χ1) is 9.93. The maximum atomic E-state index is 12.9. The fourth-order valence-corrected chi connectivity index (χ4v) is 1.91. The number of fused-ring (bicyclic) bond motifs is 1. The van der Waals surface area contributed by atoms with Gasteiger partial charge in [0.2, 0.25) is 0 Å². The van der Waals surface area contributed by atoms with Crippen molar-refractivity contribution in [1.82, 2.24) is 4.98 Å². The second-order valence-electron chi connectivity index (χ2n) is 4.25. The summed E-state index contributed by atoms with van der Waals surface area (Å²) in [6.07, 6.45) is -2.11. The lowest BCUT2D eigenvalue weighted by molar-refractivity contribution is -0.286. The van der Waals surface area contributed by atoms with E-state index in [4.69, 9.17) is 18.0 Å². The zero-order chi connectivity index (χ0) is 15.0. The van der Waals surface area contributed by atoms with E-state index in [0.29, 0.717) is 17.1 Å². The number of rotatable bonds is 3. The van der Waals surface area contributed by atoms with Gasteiger partial charge in [-0.1, -0.05) is 12.2 Å². The molecular formula is C13H9F2N3O2S. The molecule has 8 heteroatoms. The largest absolute Gasteiger partial charge is 0.586 e. The average Bonchev–Trinajstić information content (AvgIpc) is 2.72. The van der Waals surface area contributed by atoms with E-state index >= 15 is 0 Å². The summed E-state index contributed by atoms with van der Waals surface area (Å²) in [5.74, 6) is 0.465. The molecule has 2 heterocycles. The number of alkyl halides is 2. The molecule has 108 valence electrons. The van der Waals surface area contributed by atoms with Crippen molar-refractivity contribution in [2.24, 2.45) is 5.73 Å². The van der Waals surface area contributed by atoms with Gasteiger partial charge >= 0.3 is 6.29 Å². The molecule has 1 aliphatic rings. The molecule has 3 N–H and O–H groups in total. The third-order valence-corrected chi connectivity index (χ3v) is 2.96. The van der Waals surface area contributed by atoms with Gasteiger partial charge in [-0.2, -0.15) is 0 Å². The average molecular weight is 309 g/mol. The first-order valence-corrected chi connectivity index (χ1v) is 6.26. The van der Waals surface area contributed by atoms with Crippen molar-refractivity contribution in [3.63, 3.8) is 0 Å².